The number of nitrogens with one attached hydrogen (secondary N) is 1. The van der Waals surface area contributed by atoms with Crippen LogP contribution in [0.25, 0.3) is 10.9 Å². The van der Waals surface area contributed by atoms with Crippen LogP contribution in [0.15, 0.2) is 30.3 Å². The van der Waals surface area contributed by atoms with Crippen LogP contribution in [-0.2, 0) is 19.5 Å². The third-order valence-corrected chi connectivity index (χ3v) is 6.75. The van der Waals surface area contributed by atoms with Crippen LogP contribution in [0.2, 0.25) is 0 Å². The van der Waals surface area contributed by atoms with E-state index in [-0.39, 0.29) is 24.9 Å². The number of aromatic amines is 1. The Morgan fingerprint density at radius 2 is 1.94 bits per heavy atom. The lowest BCUT2D eigenvalue weighted by Gasteiger charge is -2.21. The topological polar surface area (TPSA) is 98.7 Å². The van der Waals surface area contributed by atoms with Gasteiger partial charge in [-0.1, -0.05) is 38.2 Å². The molecule has 0 bridgehead atoms. The summed E-state index contributed by atoms with van der Waals surface area (Å²) >= 11 is 0. The van der Waals surface area contributed by atoms with Gasteiger partial charge in [0.25, 0.3) is 5.91 Å². The second-order valence-electron chi connectivity index (χ2n) is 8.96. The van der Waals surface area contributed by atoms with Crippen molar-refractivity contribution >= 4 is 16.8 Å². The summed E-state index contributed by atoms with van der Waals surface area (Å²) in [5.41, 5.74) is 4.15. The molecule has 0 unspecified atom stereocenters. The average molecular weight is 436 g/mol. The fourth-order valence-corrected chi connectivity index (χ4v) is 5.04. The molecule has 2 aliphatic rings. The molecule has 168 valence electrons. The molecule has 5 rings (SSSR count). The standard InChI is InChI=1S/C25H29N3O4/c29-8-9-32-19-7-6-17-14-28(15-18(17)11-19)25(31)21-12-20-22(10-16-4-2-1-3-5-16)26-27-23(20)13-24(21)30/h6-7,11-13,16,29-30H,1-5,8-10,14-15H2,(H,26,27). The number of rotatable bonds is 6. The number of nitrogens with zero attached hydrogens (tertiary/aromatic N) is 2. The second kappa shape index (κ2) is 8.82. The minimum atomic E-state index is -0.191. The van der Waals surface area contributed by atoms with E-state index < -0.39 is 0 Å². The molecule has 1 aliphatic carbocycles. The quantitative estimate of drug-likeness (QED) is 0.545. The number of carbonyl (C=O) groups is 1. The third-order valence-electron chi connectivity index (χ3n) is 6.75. The number of amides is 1. The number of hydrogen-bond donors (Lipinski definition) is 3. The molecule has 1 aromatic heterocycles. The largest absolute Gasteiger partial charge is 0.507 e. The monoisotopic (exact) mass is 435 g/mol. The molecule has 2 heterocycles. The Bertz CT molecular complexity index is 1130. The number of phenolic OH excluding ortho intramolecular Hbond substituents is 1. The molecule has 3 N–H and O–H groups in total. The number of fused-ring (bicyclic) bond motifs is 2. The first-order valence-electron chi connectivity index (χ1n) is 11.5. The van der Waals surface area contributed by atoms with Crippen molar-refractivity contribution in [1.82, 2.24) is 15.1 Å². The van der Waals surface area contributed by atoms with E-state index in [9.17, 15) is 9.90 Å². The van der Waals surface area contributed by atoms with Gasteiger partial charge in [0.15, 0.2) is 0 Å². The van der Waals surface area contributed by atoms with Crippen molar-refractivity contribution in [3.8, 4) is 11.5 Å². The first kappa shape index (κ1) is 20.8. The number of aliphatic hydroxyl groups excluding tert-OH is 1. The summed E-state index contributed by atoms with van der Waals surface area (Å²) in [7, 11) is 0. The summed E-state index contributed by atoms with van der Waals surface area (Å²) in [5.74, 6) is 1.10. The van der Waals surface area contributed by atoms with Crippen molar-refractivity contribution in [2.75, 3.05) is 13.2 Å². The van der Waals surface area contributed by atoms with E-state index in [1.165, 1.54) is 32.1 Å². The SMILES string of the molecule is O=C(c1cc2c(CC3CCCCC3)[nH]nc2cc1O)N1Cc2ccc(OCCO)cc2C1. The number of aliphatic hydroxyl groups is 1. The van der Waals surface area contributed by atoms with E-state index in [1.54, 1.807) is 17.0 Å². The van der Waals surface area contributed by atoms with E-state index in [1.807, 2.05) is 18.2 Å². The molecule has 1 aliphatic heterocycles. The van der Waals surface area contributed by atoms with E-state index in [4.69, 9.17) is 9.84 Å². The highest BCUT2D eigenvalue weighted by atomic mass is 16.5. The number of phenols is 1. The zero-order valence-corrected chi connectivity index (χ0v) is 18.1. The average Bonchev–Trinajstić information content (AvgIpc) is 3.41. The Hall–Kier alpha value is -3.06. The van der Waals surface area contributed by atoms with E-state index >= 15 is 0 Å². The number of carbonyl (C=O) groups excluding carboxylic acids is 1. The van der Waals surface area contributed by atoms with Gasteiger partial charge in [0.1, 0.15) is 18.1 Å². The number of aromatic hydroxyl groups is 1. The van der Waals surface area contributed by atoms with Crippen LogP contribution >= 0.6 is 0 Å². The number of ether oxygens (including phenoxy) is 1. The lowest BCUT2D eigenvalue weighted by Crippen LogP contribution is -2.25. The first-order valence-corrected chi connectivity index (χ1v) is 11.5. The van der Waals surface area contributed by atoms with E-state index in [0.29, 0.717) is 35.8 Å². The number of H-pyrrole nitrogens is 1. The van der Waals surface area contributed by atoms with Crippen LogP contribution in [0.4, 0.5) is 0 Å². The Labute approximate surface area is 187 Å². The second-order valence-corrected chi connectivity index (χ2v) is 8.96. The first-order chi connectivity index (χ1) is 15.6. The molecule has 0 atom stereocenters. The van der Waals surface area contributed by atoms with Crippen LogP contribution < -0.4 is 4.74 Å². The van der Waals surface area contributed by atoms with Crippen molar-refractivity contribution in [2.45, 2.75) is 51.6 Å². The fraction of sp³-hybridized carbons (Fsp3) is 0.440. The molecule has 0 radical (unpaired) electrons. The molecule has 1 saturated carbocycles. The fourth-order valence-electron chi connectivity index (χ4n) is 5.04. The maximum atomic E-state index is 13.3. The molecular formula is C25H29N3O4. The molecule has 1 amide bonds. The third kappa shape index (κ3) is 4.05. The Morgan fingerprint density at radius 3 is 2.75 bits per heavy atom. The summed E-state index contributed by atoms with van der Waals surface area (Å²) in [4.78, 5) is 15.1. The highest BCUT2D eigenvalue weighted by Gasteiger charge is 2.27. The van der Waals surface area contributed by atoms with Crippen molar-refractivity contribution in [3.05, 3.63) is 52.7 Å². The maximum Gasteiger partial charge on any atom is 0.258 e. The molecular weight excluding hydrogens is 406 g/mol. The number of aromatic nitrogens is 2. The predicted octanol–water partition coefficient (Wildman–Crippen LogP) is 3.92. The van der Waals surface area contributed by atoms with Crippen molar-refractivity contribution < 1.29 is 19.7 Å². The number of hydrogen-bond acceptors (Lipinski definition) is 5. The minimum absolute atomic E-state index is 0.0406. The Balaban J connectivity index is 1.37. The van der Waals surface area contributed by atoms with Gasteiger partial charge in [-0.25, -0.2) is 0 Å². The predicted molar refractivity (Wildman–Crippen MR) is 121 cm³/mol. The number of benzene rings is 2. The molecule has 0 spiro atoms. The minimum Gasteiger partial charge on any atom is -0.507 e. The van der Waals surface area contributed by atoms with Gasteiger partial charge in [-0.05, 0) is 41.7 Å². The van der Waals surface area contributed by atoms with Crippen LogP contribution in [0.5, 0.6) is 11.5 Å². The molecule has 32 heavy (non-hydrogen) atoms. The maximum absolute atomic E-state index is 13.3. The van der Waals surface area contributed by atoms with Crippen LogP contribution in [0.1, 0.15) is 59.3 Å². The zero-order chi connectivity index (χ0) is 22.1. The van der Waals surface area contributed by atoms with Gasteiger partial charge in [0.2, 0.25) is 0 Å². The summed E-state index contributed by atoms with van der Waals surface area (Å²) < 4.78 is 5.49. The van der Waals surface area contributed by atoms with Gasteiger partial charge in [0.05, 0.1) is 17.7 Å². The van der Waals surface area contributed by atoms with Gasteiger partial charge < -0.3 is 19.8 Å². The molecule has 7 nitrogen and oxygen atoms in total. The smallest absolute Gasteiger partial charge is 0.258 e. The van der Waals surface area contributed by atoms with Gasteiger partial charge in [-0.15, -0.1) is 0 Å². The molecule has 0 saturated heterocycles. The van der Waals surface area contributed by atoms with Crippen molar-refractivity contribution in [3.63, 3.8) is 0 Å². The summed E-state index contributed by atoms with van der Waals surface area (Å²) in [6, 6.07) is 9.12. The van der Waals surface area contributed by atoms with Crippen molar-refractivity contribution in [1.29, 1.82) is 0 Å². The van der Waals surface area contributed by atoms with E-state index in [0.717, 1.165) is 28.6 Å². The van der Waals surface area contributed by atoms with E-state index in [2.05, 4.69) is 10.2 Å². The van der Waals surface area contributed by atoms with Gasteiger partial charge >= 0.3 is 0 Å². The van der Waals surface area contributed by atoms with Crippen LogP contribution in [0, 0.1) is 5.92 Å². The summed E-state index contributed by atoms with van der Waals surface area (Å²) in [6.45, 7) is 1.15. The Morgan fingerprint density at radius 1 is 1.12 bits per heavy atom. The van der Waals surface area contributed by atoms with Gasteiger partial charge in [-0.2, -0.15) is 5.10 Å². The lowest BCUT2D eigenvalue weighted by molar-refractivity contribution is 0.0748. The Kier molecular flexibility index (Phi) is 5.74. The highest BCUT2D eigenvalue weighted by Crippen LogP contribution is 2.33. The summed E-state index contributed by atoms with van der Waals surface area (Å²) in [5, 5.41) is 28.0. The lowest BCUT2D eigenvalue weighted by atomic mass is 9.85. The molecule has 7 heteroatoms. The van der Waals surface area contributed by atoms with Gasteiger partial charge in [0, 0.05) is 30.2 Å². The van der Waals surface area contributed by atoms with Gasteiger partial charge in [-0.3, -0.25) is 9.89 Å². The molecule has 3 aromatic rings. The van der Waals surface area contributed by atoms with Crippen molar-refractivity contribution in [2.24, 2.45) is 5.92 Å². The normalized spacial score (nSPS) is 16.5. The molecule has 2 aromatic carbocycles. The highest BCUT2D eigenvalue weighted by molar-refractivity contribution is 6.01. The van der Waals surface area contributed by atoms with Crippen LogP contribution in [-0.4, -0.2) is 44.4 Å². The summed E-state index contributed by atoms with van der Waals surface area (Å²) in [6.07, 6.45) is 7.29. The van der Waals surface area contributed by atoms with Crippen LogP contribution in [0.3, 0.4) is 0 Å². The zero-order valence-electron chi connectivity index (χ0n) is 18.1. The molecule has 1 fully saturated rings.